The molecule has 0 spiro atoms. The summed E-state index contributed by atoms with van der Waals surface area (Å²) >= 11 is 0. The third-order valence-electron chi connectivity index (χ3n) is 3.12. The number of hydrogen-bond donors (Lipinski definition) is 3. The molecule has 1 unspecified atom stereocenters. The maximum atomic E-state index is 4.37. The Morgan fingerprint density at radius 3 is 2.94 bits per heavy atom. The fraction of sp³-hybridized carbons (Fsp3) is 0.667. The topological polar surface area (TPSA) is 61.9 Å². The first-order chi connectivity index (χ1) is 8.28. The number of aromatic nitrogens is 2. The van der Waals surface area contributed by atoms with Gasteiger partial charge in [0, 0.05) is 19.7 Å². The van der Waals surface area contributed by atoms with Crippen molar-refractivity contribution >= 4 is 11.6 Å². The van der Waals surface area contributed by atoms with Crippen LogP contribution in [-0.2, 0) is 0 Å². The number of anilines is 2. The highest BCUT2D eigenvalue weighted by Gasteiger charge is 2.13. The molecule has 17 heavy (non-hydrogen) atoms. The molecule has 5 heteroatoms. The van der Waals surface area contributed by atoms with Gasteiger partial charge in [0.2, 0.25) is 0 Å². The summed E-state index contributed by atoms with van der Waals surface area (Å²) in [6.07, 6.45) is 2.50. The van der Waals surface area contributed by atoms with E-state index in [4.69, 9.17) is 0 Å². The largest absolute Gasteiger partial charge is 0.373 e. The van der Waals surface area contributed by atoms with E-state index >= 15 is 0 Å². The maximum Gasteiger partial charge on any atom is 0.131 e. The van der Waals surface area contributed by atoms with Crippen molar-refractivity contribution < 1.29 is 0 Å². The van der Waals surface area contributed by atoms with E-state index in [1.54, 1.807) is 0 Å². The SMILES string of the molecule is CNc1cc(NCCC2CCNC2)nc(C)n1. The van der Waals surface area contributed by atoms with Gasteiger partial charge in [0.25, 0.3) is 0 Å². The quantitative estimate of drug-likeness (QED) is 0.716. The van der Waals surface area contributed by atoms with Crippen LogP contribution in [0.4, 0.5) is 11.6 Å². The summed E-state index contributed by atoms with van der Waals surface area (Å²) in [5.74, 6) is 3.38. The van der Waals surface area contributed by atoms with Crippen molar-refractivity contribution in [3.63, 3.8) is 0 Å². The first-order valence-electron chi connectivity index (χ1n) is 6.26. The number of hydrogen-bond acceptors (Lipinski definition) is 5. The Labute approximate surface area is 102 Å². The molecular weight excluding hydrogens is 214 g/mol. The van der Waals surface area contributed by atoms with Crippen LogP contribution in [0.15, 0.2) is 6.07 Å². The predicted molar refractivity (Wildman–Crippen MR) is 70.4 cm³/mol. The van der Waals surface area contributed by atoms with Crippen LogP contribution in [0.3, 0.4) is 0 Å². The molecule has 0 bridgehead atoms. The minimum Gasteiger partial charge on any atom is -0.373 e. The number of nitrogens with zero attached hydrogens (tertiary/aromatic N) is 2. The van der Waals surface area contributed by atoms with E-state index in [9.17, 15) is 0 Å². The van der Waals surface area contributed by atoms with Crippen molar-refractivity contribution in [2.24, 2.45) is 5.92 Å². The summed E-state index contributed by atoms with van der Waals surface area (Å²) in [4.78, 5) is 8.63. The van der Waals surface area contributed by atoms with E-state index in [1.807, 2.05) is 20.0 Å². The molecule has 1 aromatic rings. The lowest BCUT2D eigenvalue weighted by molar-refractivity contribution is 0.549. The second-order valence-corrected chi connectivity index (χ2v) is 4.51. The smallest absolute Gasteiger partial charge is 0.131 e. The highest BCUT2D eigenvalue weighted by molar-refractivity contribution is 5.46. The van der Waals surface area contributed by atoms with Gasteiger partial charge in [-0.2, -0.15) is 0 Å². The van der Waals surface area contributed by atoms with Crippen molar-refractivity contribution in [2.45, 2.75) is 19.8 Å². The number of nitrogens with one attached hydrogen (secondary N) is 3. The van der Waals surface area contributed by atoms with Gasteiger partial charge in [0.05, 0.1) is 0 Å². The zero-order valence-electron chi connectivity index (χ0n) is 10.6. The molecule has 1 saturated heterocycles. The van der Waals surface area contributed by atoms with Crippen molar-refractivity contribution in [3.8, 4) is 0 Å². The van der Waals surface area contributed by atoms with Gasteiger partial charge in [-0.1, -0.05) is 0 Å². The second-order valence-electron chi connectivity index (χ2n) is 4.51. The van der Waals surface area contributed by atoms with Gasteiger partial charge in [-0.25, -0.2) is 9.97 Å². The van der Waals surface area contributed by atoms with Gasteiger partial charge >= 0.3 is 0 Å². The lowest BCUT2D eigenvalue weighted by atomic mass is 10.1. The third-order valence-corrected chi connectivity index (χ3v) is 3.12. The molecule has 3 N–H and O–H groups in total. The number of aryl methyl sites for hydroxylation is 1. The lowest BCUT2D eigenvalue weighted by Crippen LogP contribution is -2.13. The van der Waals surface area contributed by atoms with Crippen molar-refractivity contribution in [3.05, 3.63) is 11.9 Å². The Bertz CT molecular complexity index is 360. The molecule has 0 radical (unpaired) electrons. The zero-order chi connectivity index (χ0) is 12.1. The molecule has 1 fully saturated rings. The Balaban J connectivity index is 1.83. The Hall–Kier alpha value is -1.36. The summed E-state index contributed by atoms with van der Waals surface area (Å²) in [6.45, 7) is 5.21. The average molecular weight is 235 g/mol. The summed E-state index contributed by atoms with van der Waals surface area (Å²) in [5, 5.41) is 9.79. The van der Waals surface area contributed by atoms with Crippen LogP contribution in [0.5, 0.6) is 0 Å². The summed E-state index contributed by atoms with van der Waals surface area (Å²) in [6, 6.07) is 1.94. The average Bonchev–Trinajstić information content (AvgIpc) is 2.81. The lowest BCUT2D eigenvalue weighted by Gasteiger charge is -2.11. The standard InChI is InChI=1S/C12H21N5/c1-9-16-11(13-2)7-12(17-9)15-6-4-10-3-5-14-8-10/h7,10,14H,3-6,8H2,1-2H3,(H2,13,15,16,17). The molecule has 1 atom stereocenters. The molecule has 1 aliphatic heterocycles. The van der Waals surface area contributed by atoms with Crippen LogP contribution in [0, 0.1) is 12.8 Å². The summed E-state index contributed by atoms with van der Waals surface area (Å²) < 4.78 is 0. The molecule has 0 aliphatic carbocycles. The molecule has 0 aromatic carbocycles. The molecule has 1 aromatic heterocycles. The molecular formula is C12H21N5. The van der Waals surface area contributed by atoms with Crippen molar-refractivity contribution in [1.29, 1.82) is 0 Å². The van der Waals surface area contributed by atoms with E-state index in [0.717, 1.165) is 36.5 Å². The summed E-state index contributed by atoms with van der Waals surface area (Å²) in [7, 11) is 1.87. The third kappa shape index (κ3) is 3.56. The van der Waals surface area contributed by atoms with Gasteiger partial charge in [-0.05, 0) is 38.8 Å². The molecule has 1 aliphatic rings. The van der Waals surface area contributed by atoms with Crippen molar-refractivity contribution in [1.82, 2.24) is 15.3 Å². The number of rotatable bonds is 5. The molecule has 0 saturated carbocycles. The molecule has 2 rings (SSSR count). The van der Waals surface area contributed by atoms with E-state index in [1.165, 1.54) is 19.4 Å². The van der Waals surface area contributed by atoms with Crippen LogP contribution in [-0.4, -0.2) is 36.6 Å². The molecule has 5 nitrogen and oxygen atoms in total. The maximum absolute atomic E-state index is 4.37. The van der Waals surface area contributed by atoms with Gasteiger partial charge < -0.3 is 16.0 Å². The van der Waals surface area contributed by atoms with Gasteiger partial charge in [-0.3, -0.25) is 0 Å². The van der Waals surface area contributed by atoms with E-state index < -0.39 is 0 Å². The minimum absolute atomic E-state index is 0.793. The highest BCUT2D eigenvalue weighted by atomic mass is 15.1. The Kier molecular flexibility index (Phi) is 4.14. The first-order valence-corrected chi connectivity index (χ1v) is 6.26. The Morgan fingerprint density at radius 1 is 1.41 bits per heavy atom. The van der Waals surface area contributed by atoms with Gasteiger partial charge in [-0.15, -0.1) is 0 Å². The van der Waals surface area contributed by atoms with Crippen LogP contribution < -0.4 is 16.0 Å². The van der Waals surface area contributed by atoms with Crippen LogP contribution >= 0.6 is 0 Å². The first kappa shape index (κ1) is 12.1. The van der Waals surface area contributed by atoms with Crippen molar-refractivity contribution in [2.75, 3.05) is 37.3 Å². The second kappa shape index (κ2) is 5.82. The van der Waals surface area contributed by atoms with Crippen LogP contribution in [0.2, 0.25) is 0 Å². The molecule has 94 valence electrons. The molecule has 2 heterocycles. The minimum atomic E-state index is 0.793. The van der Waals surface area contributed by atoms with Crippen LogP contribution in [0.1, 0.15) is 18.7 Å². The highest BCUT2D eigenvalue weighted by Crippen LogP contribution is 2.14. The predicted octanol–water partition coefficient (Wildman–Crippen LogP) is 1.24. The zero-order valence-corrected chi connectivity index (χ0v) is 10.6. The van der Waals surface area contributed by atoms with Gasteiger partial charge in [0.1, 0.15) is 17.5 Å². The van der Waals surface area contributed by atoms with Gasteiger partial charge in [0.15, 0.2) is 0 Å². The summed E-state index contributed by atoms with van der Waals surface area (Å²) in [5.41, 5.74) is 0. The fourth-order valence-corrected chi connectivity index (χ4v) is 2.15. The Morgan fingerprint density at radius 2 is 2.24 bits per heavy atom. The fourth-order valence-electron chi connectivity index (χ4n) is 2.15. The van der Waals surface area contributed by atoms with Crippen LogP contribution in [0.25, 0.3) is 0 Å². The monoisotopic (exact) mass is 235 g/mol. The van der Waals surface area contributed by atoms with E-state index in [-0.39, 0.29) is 0 Å². The van der Waals surface area contributed by atoms with E-state index in [2.05, 4.69) is 25.9 Å². The molecule has 0 amide bonds. The normalized spacial score (nSPS) is 19.3. The van der Waals surface area contributed by atoms with E-state index in [0.29, 0.717) is 0 Å².